The summed E-state index contributed by atoms with van der Waals surface area (Å²) in [6, 6.07) is 1.36. The van der Waals surface area contributed by atoms with Crippen molar-refractivity contribution in [1.82, 2.24) is 0 Å². The smallest absolute Gasteiger partial charge is 0.203 e. The Bertz CT molecular complexity index is 681. The zero-order valence-electron chi connectivity index (χ0n) is 19.2. The Hall–Kier alpha value is -2.24. The average molecular weight is 422 g/mol. The SMILES string of the molecule is COc1cc(C(=O)[O-])c(CCC(=O)CCCCCCCCC(C)C)c(OC)c1OC. The second-order valence-corrected chi connectivity index (χ2v) is 8.05. The molecule has 1 rings (SSSR count). The van der Waals surface area contributed by atoms with Crippen molar-refractivity contribution < 1.29 is 28.9 Å². The first-order chi connectivity index (χ1) is 14.3. The third-order valence-electron chi connectivity index (χ3n) is 5.29. The normalized spacial score (nSPS) is 10.9. The lowest BCUT2D eigenvalue weighted by molar-refractivity contribution is -0.255. The minimum atomic E-state index is -1.34. The number of carboxylic acids is 1. The Morgan fingerprint density at radius 3 is 2.00 bits per heavy atom. The van der Waals surface area contributed by atoms with Gasteiger partial charge in [-0.15, -0.1) is 0 Å². The summed E-state index contributed by atoms with van der Waals surface area (Å²) in [4.78, 5) is 23.9. The first-order valence-corrected chi connectivity index (χ1v) is 10.9. The number of rotatable bonds is 16. The number of Topliss-reactive ketones (excluding diaryl/α,β-unsaturated/α-hetero) is 1. The Kier molecular flexibility index (Phi) is 11.9. The number of hydrogen-bond donors (Lipinski definition) is 0. The fraction of sp³-hybridized carbons (Fsp3) is 0.667. The van der Waals surface area contributed by atoms with Gasteiger partial charge in [0.05, 0.1) is 27.3 Å². The maximum atomic E-state index is 12.3. The third kappa shape index (κ3) is 8.25. The van der Waals surface area contributed by atoms with E-state index in [4.69, 9.17) is 14.2 Å². The lowest BCUT2D eigenvalue weighted by Gasteiger charge is -2.20. The molecule has 0 aliphatic heterocycles. The molecule has 0 amide bonds. The molecule has 0 aliphatic rings. The number of unbranched alkanes of at least 4 members (excludes halogenated alkanes) is 5. The zero-order chi connectivity index (χ0) is 22.5. The van der Waals surface area contributed by atoms with E-state index >= 15 is 0 Å². The summed E-state index contributed by atoms with van der Waals surface area (Å²) in [7, 11) is 4.31. The van der Waals surface area contributed by atoms with Crippen LogP contribution < -0.4 is 19.3 Å². The van der Waals surface area contributed by atoms with Gasteiger partial charge in [-0.05, 0) is 24.8 Å². The van der Waals surface area contributed by atoms with E-state index in [1.165, 1.54) is 53.1 Å². The highest BCUT2D eigenvalue weighted by Crippen LogP contribution is 2.42. The van der Waals surface area contributed by atoms with Crippen molar-refractivity contribution in [1.29, 1.82) is 0 Å². The van der Waals surface area contributed by atoms with Crippen LogP contribution in [0.1, 0.15) is 87.6 Å². The minimum Gasteiger partial charge on any atom is -0.545 e. The summed E-state index contributed by atoms with van der Waals surface area (Å²) < 4.78 is 15.9. The van der Waals surface area contributed by atoms with Gasteiger partial charge in [0.15, 0.2) is 11.5 Å². The summed E-state index contributed by atoms with van der Waals surface area (Å²) in [6.45, 7) is 4.50. The number of carbonyl (C=O) groups excluding carboxylic acids is 2. The van der Waals surface area contributed by atoms with Crippen LogP contribution in [0.15, 0.2) is 6.07 Å². The molecule has 6 nitrogen and oxygen atoms in total. The molecule has 1 aromatic carbocycles. The highest BCUT2D eigenvalue weighted by molar-refractivity contribution is 5.91. The van der Waals surface area contributed by atoms with Gasteiger partial charge in [-0.3, -0.25) is 4.79 Å². The van der Waals surface area contributed by atoms with Gasteiger partial charge in [0.2, 0.25) is 5.75 Å². The summed E-state index contributed by atoms with van der Waals surface area (Å²) in [5, 5.41) is 11.6. The molecule has 0 aromatic heterocycles. The van der Waals surface area contributed by atoms with E-state index in [1.807, 2.05) is 0 Å². The van der Waals surface area contributed by atoms with Crippen molar-refractivity contribution >= 4 is 11.8 Å². The predicted molar refractivity (Wildman–Crippen MR) is 116 cm³/mol. The van der Waals surface area contributed by atoms with E-state index in [0.717, 1.165) is 25.2 Å². The van der Waals surface area contributed by atoms with Gasteiger partial charge in [-0.25, -0.2) is 0 Å². The number of hydrogen-bond acceptors (Lipinski definition) is 6. The van der Waals surface area contributed by atoms with Crippen LogP contribution >= 0.6 is 0 Å². The Labute approximate surface area is 180 Å². The molecule has 30 heavy (non-hydrogen) atoms. The van der Waals surface area contributed by atoms with Crippen LogP contribution in [-0.4, -0.2) is 33.1 Å². The molecular weight excluding hydrogens is 384 g/mol. The largest absolute Gasteiger partial charge is 0.545 e. The Morgan fingerprint density at radius 2 is 1.47 bits per heavy atom. The first-order valence-electron chi connectivity index (χ1n) is 10.9. The molecule has 0 radical (unpaired) electrons. The Balaban J connectivity index is 2.58. The van der Waals surface area contributed by atoms with E-state index in [0.29, 0.717) is 17.7 Å². The molecule has 0 bridgehead atoms. The van der Waals surface area contributed by atoms with Gasteiger partial charge in [-0.2, -0.15) is 0 Å². The monoisotopic (exact) mass is 421 g/mol. The highest BCUT2D eigenvalue weighted by atomic mass is 16.5. The van der Waals surface area contributed by atoms with Crippen molar-refractivity contribution in [2.24, 2.45) is 5.92 Å². The first kappa shape index (κ1) is 25.8. The van der Waals surface area contributed by atoms with Crippen LogP contribution in [0, 0.1) is 5.92 Å². The second-order valence-electron chi connectivity index (χ2n) is 8.05. The van der Waals surface area contributed by atoms with Gasteiger partial charge >= 0.3 is 0 Å². The van der Waals surface area contributed by atoms with Crippen LogP contribution in [0.4, 0.5) is 0 Å². The quantitative estimate of drug-likeness (QED) is 0.369. The molecule has 0 atom stereocenters. The molecule has 6 heteroatoms. The standard InChI is InChI=1S/C24H38O6/c1-17(2)12-10-8-6-7-9-11-13-18(25)14-15-19-20(24(26)27)16-21(28-3)23(30-5)22(19)29-4/h16-17H,6-15H2,1-5H3,(H,26,27)/p-1. The summed E-state index contributed by atoms with van der Waals surface area (Å²) in [6.07, 6.45) is 9.15. The number of aromatic carboxylic acids is 1. The van der Waals surface area contributed by atoms with Crippen molar-refractivity contribution in [2.45, 2.75) is 78.1 Å². The van der Waals surface area contributed by atoms with E-state index < -0.39 is 5.97 Å². The van der Waals surface area contributed by atoms with E-state index in [1.54, 1.807) is 0 Å². The summed E-state index contributed by atoms with van der Waals surface area (Å²) in [5.74, 6) is 0.377. The lowest BCUT2D eigenvalue weighted by atomic mass is 9.97. The lowest BCUT2D eigenvalue weighted by Crippen LogP contribution is -2.24. The molecule has 170 valence electrons. The molecule has 1 aromatic rings. The van der Waals surface area contributed by atoms with Crippen molar-refractivity contribution in [3.8, 4) is 17.2 Å². The van der Waals surface area contributed by atoms with Crippen molar-refractivity contribution in [2.75, 3.05) is 21.3 Å². The van der Waals surface area contributed by atoms with E-state index in [-0.39, 0.29) is 35.7 Å². The molecule has 0 fully saturated rings. The highest BCUT2D eigenvalue weighted by Gasteiger charge is 2.21. The Morgan fingerprint density at radius 1 is 0.867 bits per heavy atom. The second kappa shape index (κ2) is 13.9. The molecule has 0 unspecified atom stereocenters. The molecular formula is C24H37O6-. The predicted octanol–water partition coefficient (Wildman–Crippen LogP) is 4.35. The number of ether oxygens (including phenoxy) is 3. The number of carboxylic acid groups (broad SMARTS) is 1. The fourth-order valence-electron chi connectivity index (χ4n) is 3.62. The van der Waals surface area contributed by atoms with Crippen LogP contribution in [-0.2, 0) is 11.2 Å². The summed E-state index contributed by atoms with van der Waals surface area (Å²) in [5.41, 5.74) is 0.354. The summed E-state index contributed by atoms with van der Waals surface area (Å²) >= 11 is 0. The maximum absolute atomic E-state index is 12.3. The molecule has 0 spiro atoms. The van der Waals surface area contributed by atoms with Crippen molar-refractivity contribution in [3.05, 3.63) is 17.2 Å². The fourth-order valence-corrected chi connectivity index (χ4v) is 3.62. The number of carbonyl (C=O) groups is 2. The van der Waals surface area contributed by atoms with E-state index in [9.17, 15) is 14.7 Å². The third-order valence-corrected chi connectivity index (χ3v) is 5.29. The van der Waals surface area contributed by atoms with Crippen LogP contribution in [0.25, 0.3) is 0 Å². The van der Waals surface area contributed by atoms with Crippen LogP contribution in [0.5, 0.6) is 17.2 Å². The molecule has 0 saturated carbocycles. The number of methoxy groups -OCH3 is 3. The van der Waals surface area contributed by atoms with Crippen LogP contribution in [0.2, 0.25) is 0 Å². The van der Waals surface area contributed by atoms with Gasteiger partial charge < -0.3 is 24.1 Å². The van der Waals surface area contributed by atoms with Crippen molar-refractivity contribution in [3.63, 3.8) is 0 Å². The number of benzene rings is 1. The molecule has 0 saturated heterocycles. The van der Waals surface area contributed by atoms with E-state index in [2.05, 4.69) is 13.8 Å². The van der Waals surface area contributed by atoms with Gasteiger partial charge in [0, 0.05) is 24.0 Å². The van der Waals surface area contributed by atoms with Gasteiger partial charge in [0.25, 0.3) is 0 Å². The van der Waals surface area contributed by atoms with Gasteiger partial charge in [-0.1, -0.05) is 52.4 Å². The zero-order valence-corrected chi connectivity index (χ0v) is 19.2. The maximum Gasteiger partial charge on any atom is 0.203 e. The van der Waals surface area contributed by atoms with Crippen LogP contribution in [0.3, 0.4) is 0 Å². The molecule has 0 heterocycles. The van der Waals surface area contributed by atoms with Gasteiger partial charge in [0.1, 0.15) is 5.78 Å². The number of ketones is 1. The molecule has 0 N–H and O–H groups in total. The average Bonchev–Trinajstić information content (AvgIpc) is 2.72. The molecule has 0 aliphatic carbocycles. The topological polar surface area (TPSA) is 84.9 Å². The minimum absolute atomic E-state index is 0.0429.